The van der Waals surface area contributed by atoms with Gasteiger partial charge in [0.15, 0.2) is 5.96 Å². The highest BCUT2D eigenvalue weighted by Crippen LogP contribution is 2.21. The number of halogens is 2. The van der Waals surface area contributed by atoms with Crippen molar-refractivity contribution in [3.05, 3.63) is 45.4 Å². The van der Waals surface area contributed by atoms with Gasteiger partial charge in [0.25, 0.3) is 0 Å². The molecular formula is C19H28BrClN4. The van der Waals surface area contributed by atoms with Crippen molar-refractivity contribution in [1.29, 1.82) is 0 Å². The summed E-state index contributed by atoms with van der Waals surface area (Å²) in [7, 11) is 1.82. The Bertz CT molecular complexity index is 609. The number of rotatable bonds is 6. The molecule has 1 saturated heterocycles. The second-order valence-corrected chi connectivity index (χ2v) is 7.93. The molecule has 25 heavy (non-hydrogen) atoms. The topological polar surface area (TPSA) is 39.7 Å². The van der Waals surface area contributed by atoms with Crippen LogP contribution in [0, 0.1) is 0 Å². The lowest BCUT2D eigenvalue weighted by Gasteiger charge is -2.33. The minimum atomic E-state index is 0.477. The molecule has 1 aromatic carbocycles. The largest absolute Gasteiger partial charge is 0.356 e. The summed E-state index contributed by atoms with van der Waals surface area (Å²) in [4.78, 5) is 6.82. The molecule has 1 aromatic rings. The Morgan fingerprint density at radius 2 is 2.12 bits per heavy atom. The van der Waals surface area contributed by atoms with Gasteiger partial charge in [0, 0.05) is 48.8 Å². The first-order valence-corrected chi connectivity index (χ1v) is 9.93. The summed E-state index contributed by atoms with van der Waals surface area (Å²) in [5.41, 5.74) is 2.43. The smallest absolute Gasteiger partial charge is 0.191 e. The van der Waals surface area contributed by atoms with Gasteiger partial charge in [-0.25, -0.2) is 0 Å². The van der Waals surface area contributed by atoms with Crippen LogP contribution in [0.15, 0.2) is 39.8 Å². The van der Waals surface area contributed by atoms with Crippen molar-refractivity contribution in [2.24, 2.45) is 4.99 Å². The SMILES string of the molecule is C=C(C)CN1CCC(NC(=NC)NCCc2cc(Cl)ccc2Br)CC1. The van der Waals surface area contributed by atoms with Crippen LogP contribution < -0.4 is 10.6 Å². The zero-order valence-electron chi connectivity index (χ0n) is 15.1. The van der Waals surface area contributed by atoms with E-state index in [0.717, 1.165) is 60.9 Å². The first-order valence-electron chi connectivity index (χ1n) is 8.75. The van der Waals surface area contributed by atoms with Gasteiger partial charge < -0.3 is 10.6 Å². The minimum absolute atomic E-state index is 0.477. The van der Waals surface area contributed by atoms with E-state index in [1.807, 2.05) is 25.2 Å². The summed E-state index contributed by atoms with van der Waals surface area (Å²) in [6.07, 6.45) is 3.15. The molecule has 1 fully saturated rings. The summed E-state index contributed by atoms with van der Waals surface area (Å²) in [5.74, 6) is 0.872. The van der Waals surface area contributed by atoms with Gasteiger partial charge in [-0.15, -0.1) is 0 Å². The number of nitrogens with one attached hydrogen (secondary N) is 2. The van der Waals surface area contributed by atoms with Gasteiger partial charge in [0.05, 0.1) is 0 Å². The molecule has 2 N–H and O–H groups in total. The minimum Gasteiger partial charge on any atom is -0.356 e. The first kappa shape index (κ1) is 20.3. The van der Waals surface area contributed by atoms with Crippen molar-refractivity contribution < 1.29 is 0 Å². The average molecular weight is 428 g/mol. The van der Waals surface area contributed by atoms with Crippen LogP contribution in [0.3, 0.4) is 0 Å². The van der Waals surface area contributed by atoms with Crippen molar-refractivity contribution in [3.8, 4) is 0 Å². The van der Waals surface area contributed by atoms with Gasteiger partial charge in [-0.05, 0) is 49.9 Å². The lowest BCUT2D eigenvalue weighted by Crippen LogP contribution is -2.49. The summed E-state index contributed by atoms with van der Waals surface area (Å²) >= 11 is 9.64. The van der Waals surface area contributed by atoms with Gasteiger partial charge >= 0.3 is 0 Å². The lowest BCUT2D eigenvalue weighted by molar-refractivity contribution is 0.221. The van der Waals surface area contributed by atoms with Gasteiger partial charge in [-0.2, -0.15) is 0 Å². The molecule has 1 aliphatic rings. The van der Waals surface area contributed by atoms with Crippen LogP contribution in [-0.4, -0.2) is 50.1 Å². The third-order valence-corrected chi connectivity index (χ3v) is 5.35. The highest BCUT2D eigenvalue weighted by Gasteiger charge is 2.19. The van der Waals surface area contributed by atoms with E-state index >= 15 is 0 Å². The van der Waals surface area contributed by atoms with E-state index in [-0.39, 0.29) is 0 Å². The molecule has 1 heterocycles. The number of hydrogen-bond acceptors (Lipinski definition) is 2. The molecule has 0 aliphatic carbocycles. The lowest BCUT2D eigenvalue weighted by atomic mass is 10.0. The molecular weight excluding hydrogens is 400 g/mol. The van der Waals surface area contributed by atoms with E-state index in [9.17, 15) is 0 Å². The molecule has 6 heteroatoms. The maximum atomic E-state index is 6.07. The van der Waals surface area contributed by atoms with E-state index < -0.39 is 0 Å². The standard InChI is InChI=1S/C19H28BrClN4/c1-14(2)13-25-10-7-17(8-11-25)24-19(22-3)23-9-6-15-12-16(21)4-5-18(15)20/h4-5,12,17H,1,6-11,13H2,2-3H3,(H2,22,23,24). The van der Waals surface area contributed by atoms with Gasteiger partial charge in [0.1, 0.15) is 0 Å². The number of hydrogen-bond donors (Lipinski definition) is 2. The van der Waals surface area contributed by atoms with Crippen molar-refractivity contribution in [2.45, 2.75) is 32.2 Å². The van der Waals surface area contributed by atoms with Gasteiger partial charge in [-0.1, -0.05) is 39.7 Å². The second-order valence-electron chi connectivity index (χ2n) is 6.64. The van der Waals surface area contributed by atoms with E-state index in [0.29, 0.717) is 6.04 Å². The molecule has 0 amide bonds. The molecule has 0 saturated carbocycles. The van der Waals surface area contributed by atoms with E-state index in [4.69, 9.17) is 11.6 Å². The van der Waals surface area contributed by atoms with Crippen molar-refractivity contribution in [3.63, 3.8) is 0 Å². The van der Waals surface area contributed by atoms with Crippen LogP contribution in [0.25, 0.3) is 0 Å². The average Bonchev–Trinajstić information content (AvgIpc) is 2.58. The molecule has 4 nitrogen and oxygen atoms in total. The van der Waals surface area contributed by atoms with Crippen molar-refractivity contribution in [2.75, 3.05) is 33.2 Å². The number of nitrogens with zero attached hydrogens (tertiary/aromatic N) is 2. The van der Waals surface area contributed by atoms with Crippen molar-refractivity contribution in [1.82, 2.24) is 15.5 Å². The third kappa shape index (κ3) is 7.00. The summed E-state index contributed by atoms with van der Waals surface area (Å²) in [5, 5.41) is 7.71. The Morgan fingerprint density at radius 1 is 1.40 bits per heavy atom. The Morgan fingerprint density at radius 3 is 2.76 bits per heavy atom. The van der Waals surface area contributed by atoms with Crippen LogP contribution in [-0.2, 0) is 6.42 Å². The van der Waals surface area contributed by atoms with Crippen LogP contribution in [0.1, 0.15) is 25.3 Å². The predicted octanol–water partition coefficient (Wildman–Crippen LogP) is 3.85. The molecule has 2 rings (SSSR count). The predicted molar refractivity (Wildman–Crippen MR) is 112 cm³/mol. The highest BCUT2D eigenvalue weighted by atomic mass is 79.9. The number of likely N-dealkylation sites (tertiary alicyclic amines) is 1. The number of benzene rings is 1. The van der Waals surface area contributed by atoms with E-state index in [1.54, 1.807) is 0 Å². The molecule has 0 aromatic heterocycles. The zero-order chi connectivity index (χ0) is 18.2. The van der Waals surface area contributed by atoms with Crippen LogP contribution in [0.5, 0.6) is 0 Å². The second kappa shape index (κ2) is 10.2. The fraction of sp³-hybridized carbons (Fsp3) is 0.526. The maximum Gasteiger partial charge on any atom is 0.191 e. The first-order chi connectivity index (χ1) is 12.0. The zero-order valence-corrected chi connectivity index (χ0v) is 17.5. The normalized spacial score (nSPS) is 16.7. The van der Waals surface area contributed by atoms with Crippen molar-refractivity contribution >= 4 is 33.5 Å². The van der Waals surface area contributed by atoms with E-state index in [1.165, 1.54) is 11.1 Å². The summed E-state index contributed by atoms with van der Waals surface area (Å²) < 4.78 is 1.09. The molecule has 0 spiro atoms. The Kier molecular flexibility index (Phi) is 8.27. The number of guanidine groups is 1. The summed E-state index contributed by atoms with van der Waals surface area (Å²) in [6.45, 7) is 10.1. The highest BCUT2D eigenvalue weighted by molar-refractivity contribution is 9.10. The Labute approximate surface area is 164 Å². The van der Waals surface area contributed by atoms with Crippen LogP contribution >= 0.6 is 27.5 Å². The molecule has 0 unspecified atom stereocenters. The number of aliphatic imine (C=N–C) groups is 1. The van der Waals surface area contributed by atoms with E-state index in [2.05, 4.69) is 50.0 Å². The Hall–Kier alpha value is -1.04. The van der Waals surface area contributed by atoms with Crippen LogP contribution in [0.4, 0.5) is 0 Å². The summed E-state index contributed by atoms with van der Waals surface area (Å²) in [6, 6.07) is 6.36. The maximum absolute atomic E-state index is 6.07. The fourth-order valence-corrected chi connectivity index (χ4v) is 3.70. The molecule has 0 bridgehead atoms. The third-order valence-electron chi connectivity index (χ3n) is 4.34. The number of piperidine rings is 1. The molecule has 138 valence electrons. The fourth-order valence-electron chi connectivity index (χ4n) is 3.06. The van der Waals surface area contributed by atoms with Gasteiger partial charge in [-0.3, -0.25) is 9.89 Å². The van der Waals surface area contributed by atoms with Gasteiger partial charge in [0.2, 0.25) is 0 Å². The van der Waals surface area contributed by atoms with Crippen LogP contribution in [0.2, 0.25) is 5.02 Å². The molecule has 1 aliphatic heterocycles. The Balaban J connectivity index is 1.74. The quantitative estimate of drug-likeness (QED) is 0.411. The molecule has 0 atom stereocenters. The monoisotopic (exact) mass is 426 g/mol. The molecule has 0 radical (unpaired) electrons.